The molecule has 5 nitrogen and oxygen atoms in total. The van der Waals surface area contributed by atoms with Gasteiger partial charge in [0.2, 0.25) is 0 Å². The Hall–Kier alpha value is -0.670. The molecular formula is C16H29N3O2. The highest BCUT2D eigenvalue weighted by Crippen LogP contribution is 2.33. The topological polar surface area (TPSA) is 57.5 Å². The highest BCUT2D eigenvalue weighted by molar-refractivity contribution is 5.11. The van der Waals surface area contributed by atoms with Crippen LogP contribution in [0.3, 0.4) is 0 Å². The fourth-order valence-corrected chi connectivity index (χ4v) is 3.75. The van der Waals surface area contributed by atoms with Crippen LogP contribution >= 0.6 is 0 Å². The molecule has 1 N–H and O–H groups in total. The van der Waals surface area contributed by atoms with Crippen molar-refractivity contribution in [3.05, 3.63) is 0 Å². The number of hydrogen-bond acceptors (Lipinski definition) is 5. The fourth-order valence-electron chi connectivity index (χ4n) is 3.75. The third kappa shape index (κ3) is 3.75. The Balaban J connectivity index is 1.99. The molecule has 0 amide bonds. The summed E-state index contributed by atoms with van der Waals surface area (Å²) in [5, 5.41) is 13.1. The van der Waals surface area contributed by atoms with Crippen molar-refractivity contribution in [3.63, 3.8) is 0 Å². The number of likely N-dealkylation sites (tertiary alicyclic amines) is 1. The van der Waals surface area contributed by atoms with Crippen molar-refractivity contribution in [2.45, 2.75) is 62.8 Å². The Bertz CT molecular complexity index is 359. The first kappa shape index (κ1) is 16.7. The maximum Gasteiger partial charge on any atom is 0.108 e. The van der Waals surface area contributed by atoms with Gasteiger partial charge in [0.1, 0.15) is 5.54 Å². The second-order valence-corrected chi connectivity index (χ2v) is 6.37. The minimum Gasteiger partial charge on any atom is -0.377 e. The molecule has 1 saturated heterocycles. The van der Waals surface area contributed by atoms with E-state index in [9.17, 15) is 5.26 Å². The first-order chi connectivity index (χ1) is 10.2. The van der Waals surface area contributed by atoms with Crippen LogP contribution in [0.5, 0.6) is 0 Å². The second-order valence-electron chi connectivity index (χ2n) is 6.37. The van der Waals surface area contributed by atoms with Crippen LogP contribution in [0.15, 0.2) is 0 Å². The van der Waals surface area contributed by atoms with E-state index in [1.165, 1.54) is 6.42 Å². The van der Waals surface area contributed by atoms with Crippen LogP contribution in [0.4, 0.5) is 0 Å². The third-order valence-electron chi connectivity index (χ3n) is 5.02. The molecule has 1 aliphatic heterocycles. The normalized spacial score (nSPS) is 37.5. The van der Waals surface area contributed by atoms with E-state index in [1.54, 1.807) is 14.2 Å². The zero-order chi connectivity index (χ0) is 15.3. The molecule has 0 spiro atoms. The summed E-state index contributed by atoms with van der Waals surface area (Å²) in [6, 6.07) is 3.01. The standard InChI is InChI=1S/C16H29N3O2/c1-4-8-18-16(12-17)7-5-6-13(9-16)19-10-14(20-2)15(11-19)21-3/h13-15,18H,4-11H2,1-3H3. The summed E-state index contributed by atoms with van der Waals surface area (Å²) in [6.45, 7) is 4.89. The molecule has 0 aromatic heterocycles. The van der Waals surface area contributed by atoms with Crippen molar-refractivity contribution in [1.29, 1.82) is 5.26 Å². The van der Waals surface area contributed by atoms with E-state index in [0.717, 1.165) is 45.3 Å². The van der Waals surface area contributed by atoms with Crippen LogP contribution in [0.2, 0.25) is 0 Å². The van der Waals surface area contributed by atoms with Crippen LogP contribution < -0.4 is 5.32 Å². The summed E-state index contributed by atoms with van der Waals surface area (Å²) in [4.78, 5) is 2.46. The summed E-state index contributed by atoms with van der Waals surface area (Å²) in [5.74, 6) is 0. The number of methoxy groups -OCH3 is 2. The second kappa shape index (κ2) is 7.55. The molecule has 0 bridgehead atoms. The molecular weight excluding hydrogens is 266 g/mol. The number of ether oxygens (including phenoxy) is 2. The summed E-state index contributed by atoms with van der Waals surface area (Å²) in [6.07, 6.45) is 5.53. The number of nitrogens with one attached hydrogen (secondary N) is 1. The summed E-state index contributed by atoms with van der Waals surface area (Å²) >= 11 is 0. The minimum absolute atomic E-state index is 0.150. The molecule has 0 radical (unpaired) electrons. The van der Waals surface area contributed by atoms with Crippen molar-refractivity contribution in [3.8, 4) is 6.07 Å². The van der Waals surface area contributed by atoms with Crippen LogP contribution in [-0.2, 0) is 9.47 Å². The van der Waals surface area contributed by atoms with Gasteiger partial charge in [-0.05, 0) is 38.6 Å². The Morgan fingerprint density at radius 3 is 2.48 bits per heavy atom. The Morgan fingerprint density at radius 2 is 1.95 bits per heavy atom. The van der Waals surface area contributed by atoms with Crippen LogP contribution in [0, 0.1) is 11.3 Å². The molecule has 4 atom stereocenters. The molecule has 5 heteroatoms. The summed E-state index contributed by atoms with van der Waals surface area (Å²) < 4.78 is 11.1. The number of nitriles is 1. The lowest BCUT2D eigenvalue weighted by Crippen LogP contribution is -2.52. The van der Waals surface area contributed by atoms with E-state index < -0.39 is 0 Å². The van der Waals surface area contributed by atoms with Gasteiger partial charge in [-0.1, -0.05) is 6.92 Å². The van der Waals surface area contributed by atoms with E-state index >= 15 is 0 Å². The van der Waals surface area contributed by atoms with E-state index in [0.29, 0.717) is 6.04 Å². The quantitative estimate of drug-likeness (QED) is 0.805. The molecule has 1 heterocycles. The summed E-state index contributed by atoms with van der Waals surface area (Å²) in [7, 11) is 3.51. The fraction of sp³-hybridized carbons (Fsp3) is 0.938. The van der Waals surface area contributed by atoms with Crippen molar-refractivity contribution < 1.29 is 9.47 Å². The van der Waals surface area contributed by atoms with Gasteiger partial charge in [-0.15, -0.1) is 0 Å². The molecule has 2 rings (SSSR count). The van der Waals surface area contributed by atoms with Crippen molar-refractivity contribution >= 4 is 0 Å². The zero-order valence-electron chi connectivity index (χ0n) is 13.6. The largest absolute Gasteiger partial charge is 0.377 e. The van der Waals surface area contributed by atoms with E-state index in [4.69, 9.17) is 9.47 Å². The first-order valence-corrected chi connectivity index (χ1v) is 8.14. The zero-order valence-corrected chi connectivity index (χ0v) is 13.6. The predicted molar refractivity (Wildman–Crippen MR) is 82.1 cm³/mol. The maximum absolute atomic E-state index is 9.64. The average molecular weight is 295 g/mol. The SMILES string of the molecule is CCCNC1(C#N)CCCC(N2CC(OC)C(OC)C2)C1. The van der Waals surface area contributed by atoms with Gasteiger partial charge in [0.15, 0.2) is 0 Å². The molecule has 0 aromatic rings. The molecule has 2 aliphatic rings. The molecule has 1 saturated carbocycles. The van der Waals surface area contributed by atoms with E-state index in [-0.39, 0.29) is 17.7 Å². The van der Waals surface area contributed by atoms with Crippen molar-refractivity contribution in [1.82, 2.24) is 10.2 Å². The Morgan fingerprint density at radius 1 is 1.29 bits per heavy atom. The predicted octanol–water partition coefficient (Wildman–Crippen LogP) is 1.54. The lowest BCUT2D eigenvalue weighted by Gasteiger charge is -2.40. The van der Waals surface area contributed by atoms with Gasteiger partial charge in [0.25, 0.3) is 0 Å². The van der Waals surface area contributed by atoms with Gasteiger partial charge in [-0.3, -0.25) is 10.2 Å². The van der Waals surface area contributed by atoms with E-state index in [2.05, 4.69) is 23.2 Å². The molecule has 4 unspecified atom stereocenters. The third-order valence-corrected chi connectivity index (χ3v) is 5.02. The van der Waals surface area contributed by atoms with Crippen LogP contribution in [-0.4, -0.2) is 62.5 Å². The average Bonchev–Trinajstić information content (AvgIpc) is 2.96. The highest BCUT2D eigenvalue weighted by atomic mass is 16.5. The number of nitrogens with zero attached hydrogens (tertiary/aromatic N) is 2. The van der Waals surface area contributed by atoms with Gasteiger partial charge in [0, 0.05) is 33.4 Å². The lowest BCUT2D eigenvalue weighted by molar-refractivity contribution is -0.00461. The molecule has 120 valence electrons. The van der Waals surface area contributed by atoms with Gasteiger partial charge in [-0.2, -0.15) is 5.26 Å². The first-order valence-electron chi connectivity index (χ1n) is 8.14. The Labute approximate surface area is 128 Å². The van der Waals surface area contributed by atoms with Gasteiger partial charge in [-0.25, -0.2) is 0 Å². The molecule has 0 aromatic carbocycles. The Kier molecular flexibility index (Phi) is 6.00. The van der Waals surface area contributed by atoms with Gasteiger partial charge in [0.05, 0.1) is 18.3 Å². The van der Waals surface area contributed by atoms with Gasteiger partial charge < -0.3 is 9.47 Å². The van der Waals surface area contributed by atoms with Crippen LogP contribution in [0.1, 0.15) is 39.0 Å². The highest BCUT2D eigenvalue weighted by Gasteiger charge is 2.42. The monoisotopic (exact) mass is 295 g/mol. The summed E-state index contributed by atoms with van der Waals surface area (Å²) in [5.41, 5.74) is -0.341. The lowest BCUT2D eigenvalue weighted by atomic mass is 9.79. The number of hydrogen-bond donors (Lipinski definition) is 1. The van der Waals surface area contributed by atoms with Crippen LogP contribution in [0.25, 0.3) is 0 Å². The molecule has 21 heavy (non-hydrogen) atoms. The van der Waals surface area contributed by atoms with E-state index in [1.807, 2.05) is 0 Å². The van der Waals surface area contributed by atoms with Gasteiger partial charge >= 0.3 is 0 Å². The molecule has 1 aliphatic carbocycles. The van der Waals surface area contributed by atoms with Crippen molar-refractivity contribution in [2.75, 3.05) is 33.9 Å². The maximum atomic E-state index is 9.64. The molecule has 2 fully saturated rings. The smallest absolute Gasteiger partial charge is 0.108 e. The number of rotatable bonds is 6. The van der Waals surface area contributed by atoms with Crippen molar-refractivity contribution in [2.24, 2.45) is 0 Å². The minimum atomic E-state index is -0.341.